The second-order valence-electron chi connectivity index (χ2n) is 4.35. The van der Waals surface area contributed by atoms with Crippen molar-refractivity contribution in [1.82, 2.24) is 0 Å². The highest BCUT2D eigenvalue weighted by Crippen LogP contribution is 2.40. The first-order valence-electron chi connectivity index (χ1n) is 5.06. The van der Waals surface area contributed by atoms with E-state index in [0.717, 1.165) is 5.92 Å². The lowest BCUT2D eigenvalue weighted by Crippen LogP contribution is -2.21. The summed E-state index contributed by atoms with van der Waals surface area (Å²) in [7, 11) is 0. The van der Waals surface area contributed by atoms with E-state index in [1.807, 2.05) is 0 Å². The first-order chi connectivity index (χ1) is 5.69. The van der Waals surface area contributed by atoms with Crippen LogP contribution in [0.2, 0.25) is 0 Å². The molecule has 12 heavy (non-hydrogen) atoms. The second kappa shape index (κ2) is 3.96. The van der Waals surface area contributed by atoms with Crippen LogP contribution in [0, 0.1) is 11.3 Å². The Morgan fingerprint density at radius 3 is 2.83 bits per heavy atom. The van der Waals surface area contributed by atoms with Crippen molar-refractivity contribution in [1.29, 1.82) is 0 Å². The molecule has 68 valence electrons. The molecule has 0 spiro atoms. The van der Waals surface area contributed by atoms with Crippen molar-refractivity contribution in [3.05, 3.63) is 18.4 Å². The first-order valence-corrected chi connectivity index (χ1v) is 5.06. The molecule has 0 heterocycles. The van der Waals surface area contributed by atoms with Gasteiger partial charge in [0.2, 0.25) is 0 Å². The number of rotatable bonds is 1. The molecule has 1 rings (SSSR count). The van der Waals surface area contributed by atoms with Crippen LogP contribution in [0.1, 0.15) is 46.0 Å². The van der Waals surface area contributed by atoms with Gasteiger partial charge in [-0.3, -0.25) is 0 Å². The van der Waals surface area contributed by atoms with Crippen molar-refractivity contribution in [2.45, 2.75) is 46.0 Å². The predicted molar refractivity (Wildman–Crippen MR) is 54.1 cm³/mol. The monoisotopic (exact) mass is 164 g/mol. The van der Waals surface area contributed by atoms with Crippen molar-refractivity contribution in [3.63, 3.8) is 0 Å². The van der Waals surface area contributed by atoms with Crippen molar-refractivity contribution in [2.24, 2.45) is 11.3 Å². The Labute approximate surface area is 76.4 Å². The van der Waals surface area contributed by atoms with Gasteiger partial charge in [0.1, 0.15) is 0 Å². The fourth-order valence-corrected chi connectivity index (χ4v) is 2.16. The molecule has 0 aromatic rings. The third-order valence-electron chi connectivity index (χ3n) is 3.41. The Morgan fingerprint density at radius 1 is 1.42 bits per heavy atom. The normalized spacial score (nSPS) is 36.7. The van der Waals surface area contributed by atoms with E-state index in [-0.39, 0.29) is 0 Å². The lowest BCUT2D eigenvalue weighted by molar-refractivity contribution is 0.258. The first kappa shape index (κ1) is 9.61. The zero-order chi connectivity index (χ0) is 9.03. The minimum atomic E-state index is 0.373. The molecule has 1 aliphatic rings. The van der Waals surface area contributed by atoms with Crippen LogP contribution in [0.15, 0.2) is 18.4 Å². The van der Waals surface area contributed by atoms with Gasteiger partial charge in [0.05, 0.1) is 0 Å². The Balaban J connectivity index is 2.75. The van der Waals surface area contributed by atoms with Gasteiger partial charge in [0.25, 0.3) is 0 Å². The molecule has 0 radical (unpaired) electrons. The Hall–Kier alpha value is -0.480. The van der Waals surface area contributed by atoms with E-state index in [0.29, 0.717) is 5.41 Å². The minimum Gasteiger partial charge on any atom is -0.132 e. The molecular weight excluding hydrogens is 144 g/mol. The SMILES string of the molecule is C=C=CC1(C)CCCCCC1C. The smallest absolute Gasteiger partial charge is 0.00454 e. The van der Waals surface area contributed by atoms with Crippen LogP contribution in [-0.4, -0.2) is 0 Å². The highest BCUT2D eigenvalue weighted by molar-refractivity contribution is 4.98. The molecule has 0 aliphatic heterocycles. The lowest BCUT2D eigenvalue weighted by Gasteiger charge is -2.30. The van der Waals surface area contributed by atoms with E-state index in [2.05, 4.69) is 32.2 Å². The van der Waals surface area contributed by atoms with E-state index in [4.69, 9.17) is 0 Å². The summed E-state index contributed by atoms with van der Waals surface area (Å²) in [5, 5.41) is 0. The van der Waals surface area contributed by atoms with Crippen molar-refractivity contribution in [3.8, 4) is 0 Å². The fraction of sp³-hybridized carbons (Fsp3) is 0.750. The molecular formula is C12H20. The molecule has 0 aromatic heterocycles. The minimum absolute atomic E-state index is 0.373. The summed E-state index contributed by atoms with van der Waals surface area (Å²) in [5.41, 5.74) is 3.33. The quantitative estimate of drug-likeness (QED) is 0.407. The van der Waals surface area contributed by atoms with Crippen LogP contribution < -0.4 is 0 Å². The summed E-state index contributed by atoms with van der Waals surface area (Å²) in [4.78, 5) is 0. The van der Waals surface area contributed by atoms with Gasteiger partial charge < -0.3 is 0 Å². The average Bonchev–Trinajstić information content (AvgIpc) is 2.17. The second-order valence-corrected chi connectivity index (χ2v) is 4.35. The molecule has 0 saturated heterocycles. The van der Waals surface area contributed by atoms with Gasteiger partial charge in [0, 0.05) is 0 Å². The van der Waals surface area contributed by atoms with Gasteiger partial charge in [-0.1, -0.05) is 39.7 Å². The number of allylic oxidation sites excluding steroid dienone is 1. The van der Waals surface area contributed by atoms with Crippen molar-refractivity contribution < 1.29 is 0 Å². The van der Waals surface area contributed by atoms with Gasteiger partial charge >= 0.3 is 0 Å². The zero-order valence-corrected chi connectivity index (χ0v) is 8.40. The highest BCUT2D eigenvalue weighted by atomic mass is 14.3. The molecule has 0 bridgehead atoms. The van der Waals surface area contributed by atoms with Gasteiger partial charge in [-0.05, 0) is 30.3 Å². The van der Waals surface area contributed by atoms with Gasteiger partial charge in [0.15, 0.2) is 0 Å². The molecule has 0 heteroatoms. The molecule has 1 fully saturated rings. The summed E-state index contributed by atoms with van der Waals surface area (Å²) in [6.07, 6.45) is 9.06. The largest absolute Gasteiger partial charge is 0.132 e. The predicted octanol–water partition coefficient (Wildman–Crippen LogP) is 3.93. The van der Waals surface area contributed by atoms with E-state index in [9.17, 15) is 0 Å². The Morgan fingerprint density at radius 2 is 2.17 bits per heavy atom. The maximum Gasteiger partial charge on any atom is -0.00454 e. The summed E-state index contributed by atoms with van der Waals surface area (Å²) in [6.45, 7) is 8.39. The van der Waals surface area contributed by atoms with E-state index >= 15 is 0 Å². The molecule has 1 saturated carbocycles. The molecule has 0 N–H and O–H groups in total. The fourth-order valence-electron chi connectivity index (χ4n) is 2.16. The van der Waals surface area contributed by atoms with Crippen LogP contribution >= 0.6 is 0 Å². The Kier molecular flexibility index (Phi) is 3.17. The van der Waals surface area contributed by atoms with E-state index in [1.165, 1.54) is 32.1 Å². The molecule has 1 aliphatic carbocycles. The lowest BCUT2D eigenvalue weighted by atomic mass is 9.74. The zero-order valence-electron chi connectivity index (χ0n) is 8.40. The summed E-state index contributed by atoms with van der Waals surface area (Å²) in [6, 6.07) is 0. The topological polar surface area (TPSA) is 0 Å². The van der Waals surface area contributed by atoms with Crippen LogP contribution in [-0.2, 0) is 0 Å². The van der Waals surface area contributed by atoms with Gasteiger partial charge in [-0.2, -0.15) is 0 Å². The van der Waals surface area contributed by atoms with Crippen LogP contribution in [0.4, 0.5) is 0 Å². The standard InChI is InChI=1S/C12H20/c1-4-9-12(3)10-7-5-6-8-11(12)2/h9,11H,1,5-8,10H2,2-3H3. The Bertz CT molecular complexity index is 186. The third-order valence-corrected chi connectivity index (χ3v) is 3.41. The third kappa shape index (κ3) is 2.01. The molecule has 2 atom stereocenters. The molecule has 0 aromatic carbocycles. The van der Waals surface area contributed by atoms with E-state index < -0.39 is 0 Å². The maximum atomic E-state index is 3.68. The summed E-state index contributed by atoms with van der Waals surface area (Å²) >= 11 is 0. The number of hydrogen-bond acceptors (Lipinski definition) is 0. The summed E-state index contributed by atoms with van der Waals surface area (Å²) < 4.78 is 0. The maximum absolute atomic E-state index is 3.68. The van der Waals surface area contributed by atoms with Gasteiger partial charge in [-0.15, -0.1) is 5.73 Å². The highest BCUT2D eigenvalue weighted by Gasteiger charge is 2.29. The van der Waals surface area contributed by atoms with Crippen molar-refractivity contribution >= 4 is 0 Å². The number of hydrogen-bond donors (Lipinski definition) is 0. The molecule has 0 amide bonds. The molecule has 2 unspecified atom stereocenters. The van der Waals surface area contributed by atoms with E-state index in [1.54, 1.807) is 0 Å². The van der Waals surface area contributed by atoms with Crippen molar-refractivity contribution in [2.75, 3.05) is 0 Å². The van der Waals surface area contributed by atoms with Crippen LogP contribution in [0.25, 0.3) is 0 Å². The van der Waals surface area contributed by atoms with Gasteiger partial charge in [-0.25, -0.2) is 0 Å². The average molecular weight is 164 g/mol. The molecule has 0 nitrogen and oxygen atoms in total. The van der Waals surface area contributed by atoms with Crippen LogP contribution in [0.5, 0.6) is 0 Å². The summed E-state index contributed by atoms with van der Waals surface area (Å²) in [5.74, 6) is 0.800. The van der Waals surface area contributed by atoms with Crippen LogP contribution in [0.3, 0.4) is 0 Å².